The standard InChI is InChI=1S/C19H20N2O4S/c1-3-24-18-9-15-8-13(2)25-19(15)10-16(18)12-21-26(22,23)17-6-4-14(11-20)5-7-17/h4-7,9-10,13,21H,3,8,12H2,1-2H3. The normalized spacial score (nSPS) is 15.8. The van der Waals surface area contributed by atoms with Crippen LogP contribution in [0.25, 0.3) is 0 Å². The molecule has 1 aliphatic rings. The van der Waals surface area contributed by atoms with Gasteiger partial charge >= 0.3 is 0 Å². The van der Waals surface area contributed by atoms with Gasteiger partial charge in [0.2, 0.25) is 10.0 Å². The van der Waals surface area contributed by atoms with Gasteiger partial charge in [-0.1, -0.05) is 0 Å². The molecule has 0 radical (unpaired) electrons. The van der Waals surface area contributed by atoms with Crippen LogP contribution >= 0.6 is 0 Å². The van der Waals surface area contributed by atoms with Crippen LogP contribution in [0.2, 0.25) is 0 Å². The Kier molecular flexibility index (Phi) is 5.16. The van der Waals surface area contributed by atoms with Gasteiger partial charge in [-0.15, -0.1) is 0 Å². The van der Waals surface area contributed by atoms with Crippen molar-refractivity contribution in [2.45, 2.75) is 37.8 Å². The summed E-state index contributed by atoms with van der Waals surface area (Å²) in [4.78, 5) is 0.112. The van der Waals surface area contributed by atoms with Gasteiger partial charge in [-0.2, -0.15) is 5.26 Å². The molecule has 2 aromatic rings. The van der Waals surface area contributed by atoms with Crippen LogP contribution in [-0.2, 0) is 23.0 Å². The molecule has 0 amide bonds. The van der Waals surface area contributed by atoms with Crippen LogP contribution in [0.5, 0.6) is 11.5 Å². The highest BCUT2D eigenvalue weighted by molar-refractivity contribution is 7.89. The zero-order valence-electron chi connectivity index (χ0n) is 14.7. The fraction of sp³-hybridized carbons (Fsp3) is 0.316. The van der Waals surface area contributed by atoms with Crippen LogP contribution < -0.4 is 14.2 Å². The average Bonchev–Trinajstić information content (AvgIpc) is 2.99. The van der Waals surface area contributed by atoms with Crippen molar-refractivity contribution < 1.29 is 17.9 Å². The van der Waals surface area contributed by atoms with Gasteiger partial charge in [0, 0.05) is 24.1 Å². The minimum absolute atomic E-state index is 0.0860. The number of fused-ring (bicyclic) bond motifs is 1. The van der Waals surface area contributed by atoms with Crippen molar-refractivity contribution in [2.24, 2.45) is 0 Å². The van der Waals surface area contributed by atoms with Crippen LogP contribution in [0.4, 0.5) is 0 Å². The molecule has 136 valence electrons. The molecule has 1 atom stereocenters. The van der Waals surface area contributed by atoms with Crippen molar-refractivity contribution in [3.05, 3.63) is 53.1 Å². The largest absolute Gasteiger partial charge is 0.494 e. The molecular weight excluding hydrogens is 352 g/mol. The number of hydrogen-bond donors (Lipinski definition) is 1. The summed E-state index contributed by atoms with van der Waals surface area (Å²) < 4.78 is 39.0. The summed E-state index contributed by atoms with van der Waals surface area (Å²) in [5.74, 6) is 1.43. The van der Waals surface area contributed by atoms with E-state index in [1.807, 2.05) is 32.0 Å². The summed E-state index contributed by atoms with van der Waals surface area (Å²) in [6, 6.07) is 11.5. The Morgan fingerprint density at radius 3 is 2.69 bits per heavy atom. The van der Waals surface area contributed by atoms with Crippen molar-refractivity contribution >= 4 is 10.0 Å². The second-order valence-electron chi connectivity index (χ2n) is 6.09. The van der Waals surface area contributed by atoms with E-state index in [1.165, 1.54) is 24.3 Å². The van der Waals surface area contributed by atoms with E-state index >= 15 is 0 Å². The smallest absolute Gasteiger partial charge is 0.240 e. The topological polar surface area (TPSA) is 88.4 Å². The van der Waals surface area contributed by atoms with Gasteiger partial charge in [-0.05, 0) is 50.2 Å². The van der Waals surface area contributed by atoms with E-state index < -0.39 is 10.0 Å². The lowest BCUT2D eigenvalue weighted by Gasteiger charge is -2.13. The quantitative estimate of drug-likeness (QED) is 0.842. The first kappa shape index (κ1) is 18.2. The predicted molar refractivity (Wildman–Crippen MR) is 96.6 cm³/mol. The van der Waals surface area contributed by atoms with E-state index in [1.54, 1.807) is 0 Å². The van der Waals surface area contributed by atoms with E-state index in [-0.39, 0.29) is 17.5 Å². The van der Waals surface area contributed by atoms with Crippen LogP contribution in [-0.4, -0.2) is 21.1 Å². The Labute approximate surface area is 153 Å². The minimum Gasteiger partial charge on any atom is -0.494 e. The van der Waals surface area contributed by atoms with Crippen molar-refractivity contribution in [1.29, 1.82) is 5.26 Å². The lowest BCUT2D eigenvalue weighted by molar-refractivity contribution is 0.254. The summed E-state index contributed by atoms with van der Waals surface area (Å²) in [5, 5.41) is 8.82. The molecule has 7 heteroatoms. The fourth-order valence-electron chi connectivity index (χ4n) is 2.87. The molecule has 1 unspecified atom stereocenters. The highest BCUT2D eigenvalue weighted by Gasteiger charge is 2.23. The third-order valence-corrected chi connectivity index (χ3v) is 5.54. The van der Waals surface area contributed by atoms with Crippen LogP contribution in [0.1, 0.15) is 30.5 Å². The molecule has 1 heterocycles. The van der Waals surface area contributed by atoms with E-state index in [0.29, 0.717) is 17.9 Å². The minimum atomic E-state index is -3.70. The predicted octanol–water partition coefficient (Wildman–Crippen LogP) is 2.76. The number of nitriles is 1. The number of ether oxygens (including phenoxy) is 2. The van der Waals surface area contributed by atoms with Gasteiger partial charge in [0.25, 0.3) is 0 Å². The lowest BCUT2D eigenvalue weighted by atomic mass is 10.1. The summed E-state index contributed by atoms with van der Waals surface area (Å²) in [6.45, 7) is 4.46. The molecule has 0 aliphatic carbocycles. The Balaban J connectivity index is 1.82. The second-order valence-corrected chi connectivity index (χ2v) is 7.86. The molecule has 0 spiro atoms. The Morgan fingerprint density at radius 1 is 1.31 bits per heavy atom. The van der Waals surface area contributed by atoms with Gasteiger partial charge in [0.15, 0.2) is 0 Å². The van der Waals surface area contributed by atoms with Gasteiger partial charge in [-0.25, -0.2) is 13.1 Å². The van der Waals surface area contributed by atoms with Crippen molar-refractivity contribution in [1.82, 2.24) is 4.72 Å². The zero-order chi connectivity index (χ0) is 18.7. The molecule has 3 rings (SSSR count). The number of nitrogens with zero attached hydrogens (tertiary/aromatic N) is 1. The number of rotatable bonds is 6. The van der Waals surface area contributed by atoms with Crippen molar-refractivity contribution in [3.63, 3.8) is 0 Å². The van der Waals surface area contributed by atoms with Gasteiger partial charge in [-0.3, -0.25) is 0 Å². The SMILES string of the molecule is CCOc1cc2c(cc1CNS(=O)(=O)c1ccc(C#N)cc1)OC(C)C2. The molecule has 0 aromatic heterocycles. The fourth-order valence-corrected chi connectivity index (χ4v) is 3.88. The van der Waals surface area contributed by atoms with Crippen molar-refractivity contribution in [2.75, 3.05) is 6.61 Å². The molecule has 0 saturated carbocycles. The molecule has 1 aliphatic heterocycles. The van der Waals surface area contributed by atoms with Gasteiger partial charge in [0.05, 0.1) is 23.1 Å². The Morgan fingerprint density at radius 2 is 2.04 bits per heavy atom. The third-order valence-electron chi connectivity index (χ3n) is 4.13. The molecule has 2 aromatic carbocycles. The molecule has 26 heavy (non-hydrogen) atoms. The first-order valence-corrected chi connectivity index (χ1v) is 9.86. The maximum Gasteiger partial charge on any atom is 0.240 e. The molecular formula is C19H20N2O4S. The Hall–Kier alpha value is -2.56. The number of sulfonamides is 1. The van der Waals surface area contributed by atoms with Gasteiger partial charge in [0.1, 0.15) is 17.6 Å². The second kappa shape index (κ2) is 7.36. The first-order chi connectivity index (χ1) is 12.4. The van der Waals surface area contributed by atoms with Gasteiger partial charge < -0.3 is 9.47 Å². The highest BCUT2D eigenvalue weighted by atomic mass is 32.2. The summed E-state index contributed by atoms with van der Waals surface area (Å²) in [6.07, 6.45) is 0.914. The van der Waals surface area contributed by atoms with E-state index in [2.05, 4.69) is 4.72 Å². The maximum absolute atomic E-state index is 12.5. The van der Waals surface area contributed by atoms with Crippen LogP contribution in [0.15, 0.2) is 41.3 Å². The van der Waals surface area contributed by atoms with E-state index in [9.17, 15) is 8.42 Å². The highest BCUT2D eigenvalue weighted by Crippen LogP contribution is 2.35. The lowest BCUT2D eigenvalue weighted by Crippen LogP contribution is -2.23. The van der Waals surface area contributed by atoms with E-state index in [0.717, 1.165) is 23.3 Å². The Bertz CT molecular complexity index is 947. The van der Waals surface area contributed by atoms with Crippen LogP contribution in [0.3, 0.4) is 0 Å². The molecule has 0 bridgehead atoms. The maximum atomic E-state index is 12.5. The average molecular weight is 372 g/mol. The summed E-state index contributed by atoms with van der Waals surface area (Å²) >= 11 is 0. The van der Waals surface area contributed by atoms with E-state index in [4.69, 9.17) is 14.7 Å². The third kappa shape index (κ3) is 3.82. The number of nitrogens with one attached hydrogen (secondary N) is 1. The molecule has 0 saturated heterocycles. The zero-order valence-corrected chi connectivity index (χ0v) is 15.5. The number of benzene rings is 2. The monoisotopic (exact) mass is 372 g/mol. The molecule has 1 N–H and O–H groups in total. The summed E-state index contributed by atoms with van der Waals surface area (Å²) in [5.41, 5.74) is 2.20. The summed E-state index contributed by atoms with van der Waals surface area (Å²) in [7, 11) is -3.70. The molecule has 0 fully saturated rings. The molecule has 6 nitrogen and oxygen atoms in total. The van der Waals surface area contributed by atoms with Crippen molar-refractivity contribution in [3.8, 4) is 17.6 Å². The van der Waals surface area contributed by atoms with Crippen LogP contribution in [0, 0.1) is 11.3 Å². The number of hydrogen-bond acceptors (Lipinski definition) is 5. The first-order valence-electron chi connectivity index (χ1n) is 8.38.